The van der Waals surface area contributed by atoms with Crippen LogP contribution in [0.2, 0.25) is 0 Å². The number of carbonyl (C=O) groups is 1. The molecule has 2 N–H and O–H groups in total. The Kier molecular flexibility index (Phi) is 5.62. The van der Waals surface area contributed by atoms with E-state index in [-0.39, 0.29) is 12.1 Å². The summed E-state index contributed by atoms with van der Waals surface area (Å²) in [6.07, 6.45) is 2.23. The Morgan fingerprint density at radius 1 is 1.24 bits per heavy atom. The summed E-state index contributed by atoms with van der Waals surface area (Å²) in [5.41, 5.74) is 2.52. The molecule has 0 saturated heterocycles. The first kappa shape index (κ1) is 15.8. The zero-order valence-corrected chi connectivity index (χ0v) is 13.4. The molecular weight excluding hydrogens is 262 g/mol. The SMILES string of the molecule is CCN(CC)C(CNC(=O)NC1CC1)c1ccc(C)cc1. The van der Waals surface area contributed by atoms with Gasteiger partial charge in [-0.15, -0.1) is 0 Å². The molecule has 4 heteroatoms. The molecule has 2 amide bonds. The van der Waals surface area contributed by atoms with Crippen molar-refractivity contribution < 1.29 is 4.79 Å². The van der Waals surface area contributed by atoms with E-state index >= 15 is 0 Å². The summed E-state index contributed by atoms with van der Waals surface area (Å²) in [5.74, 6) is 0. The molecule has 1 aliphatic carbocycles. The second kappa shape index (κ2) is 7.46. The van der Waals surface area contributed by atoms with Gasteiger partial charge in [-0.3, -0.25) is 4.90 Å². The number of amides is 2. The third-order valence-corrected chi connectivity index (χ3v) is 4.08. The Balaban J connectivity index is 2.00. The zero-order valence-electron chi connectivity index (χ0n) is 13.4. The molecule has 1 unspecified atom stereocenters. The van der Waals surface area contributed by atoms with Crippen LogP contribution in [0, 0.1) is 6.92 Å². The van der Waals surface area contributed by atoms with E-state index in [9.17, 15) is 4.79 Å². The smallest absolute Gasteiger partial charge is 0.315 e. The highest BCUT2D eigenvalue weighted by Crippen LogP contribution is 2.21. The molecule has 0 radical (unpaired) electrons. The predicted octanol–water partition coefficient (Wildman–Crippen LogP) is 2.84. The van der Waals surface area contributed by atoms with Gasteiger partial charge in [0.2, 0.25) is 0 Å². The van der Waals surface area contributed by atoms with Crippen molar-refractivity contribution in [3.8, 4) is 0 Å². The maximum Gasteiger partial charge on any atom is 0.315 e. The Bertz CT molecular complexity index is 450. The Morgan fingerprint density at radius 3 is 2.38 bits per heavy atom. The number of nitrogens with zero attached hydrogens (tertiary/aromatic N) is 1. The van der Waals surface area contributed by atoms with E-state index in [1.165, 1.54) is 11.1 Å². The van der Waals surface area contributed by atoms with Crippen LogP contribution in [-0.4, -0.2) is 36.6 Å². The number of likely N-dealkylation sites (N-methyl/N-ethyl adjacent to an activating group) is 1. The maximum absolute atomic E-state index is 11.8. The van der Waals surface area contributed by atoms with Crippen LogP contribution in [0.15, 0.2) is 24.3 Å². The van der Waals surface area contributed by atoms with E-state index < -0.39 is 0 Å². The zero-order chi connectivity index (χ0) is 15.2. The summed E-state index contributed by atoms with van der Waals surface area (Å²) >= 11 is 0. The molecule has 1 aliphatic rings. The van der Waals surface area contributed by atoms with Crippen molar-refractivity contribution in [2.75, 3.05) is 19.6 Å². The Hall–Kier alpha value is -1.55. The largest absolute Gasteiger partial charge is 0.336 e. The molecule has 0 spiro atoms. The van der Waals surface area contributed by atoms with Gasteiger partial charge in [0.25, 0.3) is 0 Å². The van der Waals surface area contributed by atoms with E-state index in [0.29, 0.717) is 12.6 Å². The summed E-state index contributed by atoms with van der Waals surface area (Å²) in [6, 6.07) is 9.19. The van der Waals surface area contributed by atoms with Crippen molar-refractivity contribution in [1.82, 2.24) is 15.5 Å². The minimum atomic E-state index is -0.0400. The van der Waals surface area contributed by atoms with Gasteiger partial charge in [-0.05, 0) is 38.4 Å². The first-order valence-corrected chi connectivity index (χ1v) is 7.99. The molecule has 0 aliphatic heterocycles. The number of benzene rings is 1. The minimum absolute atomic E-state index is 0.0400. The molecule has 1 atom stereocenters. The molecular formula is C17H27N3O. The fraction of sp³-hybridized carbons (Fsp3) is 0.588. The fourth-order valence-electron chi connectivity index (χ4n) is 2.56. The molecule has 4 nitrogen and oxygen atoms in total. The van der Waals surface area contributed by atoms with E-state index in [1.54, 1.807) is 0 Å². The van der Waals surface area contributed by atoms with Crippen LogP contribution in [0.5, 0.6) is 0 Å². The van der Waals surface area contributed by atoms with Crippen LogP contribution in [0.4, 0.5) is 4.79 Å². The highest BCUT2D eigenvalue weighted by atomic mass is 16.2. The second-order valence-electron chi connectivity index (χ2n) is 5.78. The van der Waals surface area contributed by atoms with E-state index in [0.717, 1.165) is 25.9 Å². The Labute approximate surface area is 127 Å². The lowest BCUT2D eigenvalue weighted by atomic mass is 10.0. The van der Waals surface area contributed by atoms with Gasteiger partial charge in [0.1, 0.15) is 0 Å². The minimum Gasteiger partial charge on any atom is -0.336 e. The monoisotopic (exact) mass is 289 g/mol. The molecule has 0 heterocycles. The molecule has 1 aromatic rings. The van der Waals surface area contributed by atoms with E-state index in [4.69, 9.17) is 0 Å². The van der Waals surface area contributed by atoms with Crippen molar-refractivity contribution in [2.24, 2.45) is 0 Å². The van der Waals surface area contributed by atoms with Crippen LogP contribution < -0.4 is 10.6 Å². The van der Waals surface area contributed by atoms with Gasteiger partial charge in [-0.2, -0.15) is 0 Å². The summed E-state index contributed by atoms with van der Waals surface area (Å²) in [4.78, 5) is 14.2. The number of aryl methyl sites for hydroxylation is 1. The number of hydrogen-bond acceptors (Lipinski definition) is 2. The molecule has 1 saturated carbocycles. The van der Waals surface area contributed by atoms with Gasteiger partial charge in [-0.1, -0.05) is 43.7 Å². The predicted molar refractivity (Wildman–Crippen MR) is 86.4 cm³/mol. The van der Waals surface area contributed by atoms with Crippen molar-refractivity contribution in [1.29, 1.82) is 0 Å². The van der Waals surface area contributed by atoms with E-state index in [2.05, 4.69) is 60.6 Å². The standard InChI is InChI=1S/C17H27N3O/c1-4-20(5-2)16(14-8-6-13(3)7-9-14)12-18-17(21)19-15-10-11-15/h6-9,15-16H,4-5,10-12H2,1-3H3,(H2,18,19,21). The van der Waals surface area contributed by atoms with Crippen molar-refractivity contribution in [3.63, 3.8) is 0 Å². The lowest BCUT2D eigenvalue weighted by molar-refractivity contribution is 0.206. The maximum atomic E-state index is 11.8. The normalized spacial score (nSPS) is 15.8. The third kappa shape index (κ3) is 4.74. The third-order valence-electron chi connectivity index (χ3n) is 4.08. The van der Waals surface area contributed by atoms with Gasteiger partial charge in [0, 0.05) is 12.6 Å². The number of nitrogens with one attached hydrogen (secondary N) is 2. The van der Waals surface area contributed by atoms with E-state index in [1.807, 2.05) is 0 Å². The van der Waals surface area contributed by atoms with Crippen LogP contribution in [0.1, 0.15) is 43.9 Å². The van der Waals surface area contributed by atoms with Crippen LogP contribution in [0.25, 0.3) is 0 Å². The summed E-state index contributed by atoms with van der Waals surface area (Å²) in [5, 5.41) is 6.00. The topological polar surface area (TPSA) is 44.4 Å². The quantitative estimate of drug-likeness (QED) is 0.810. The summed E-state index contributed by atoms with van der Waals surface area (Å²) in [7, 11) is 0. The summed E-state index contributed by atoms with van der Waals surface area (Å²) in [6.45, 7) is 9.01. The van der Waals surface area contributed by atoms with Crippen LogP contribution in [0.3, 0.4) is 0 Å². The van der Waals surface area contributed by atoms with Gasteiger partial charge < -0.3 is 10.6 Å². The number of rotatable bonds is 7. The number of hydrogen-bond donors (Lipinski definition) is 2. The highest BCUT2D eigenvalue weighted by molar-refractivity contribution is 5.74. The molecule has 0 bridgehead atoms. The van der Waals surface area contributed by atoms with Gasteiger partial charge >= 0.3 is 6.03 Å². The average Bonchev–Trinajstić information content (AvgIpc) is 3.28. The van der Waals surface area contributed by atoms with Crippen LogP contribution >= 0.6 is 0 Å². The highest BCUT2D eigenvalue weighted by Gasteiger charge is 2.24. The number of carbonyl (C=O) groups excluding carboxylic acids is 1. The lowest BCUT2D eigenvalue weighted by Gasteiger charge is -2.30. The molecule has 1 fully saturated rings. The first-order valence-electron chi connectivity index (χ1n) is 7.99. The Morgan fingerprint density at radius 2 is 1.86 bits per heavy atom. The first-order chi connectivity index (χ1) is 10.1. The molecule has 0 aromatic heterocycles. The number of urea groups is 1. The average molecular weight is 289 g/mol. The van der Waals surface area contributed by atoms with Gasteiger partial charge in [0.05, 0.1) is 6.04 Å². The van der Waals surface area contributed by atoms with Gasteiger partial charge in [-0.25, -0.2) is 4.79 Å². The summed E-state index contributed by atoms with van der Waals surface area (Å²) < 4.78 is 0. The molecule has 1 aromatic carbocycles. The van der Waals surface area contributed by atoms with Crippen molar-refractivity contribution in [3.05, 3.63) is 35.4 Å². The molecule has 21 heavy (non-hydrogen) atoms. The van der Waals surface area contributed by atoms with Crippen LogP contribution in [-0.2, 0) is 0 Å². The van der Waals surface area contributed by atoms with Crippen molar-refractivity contribution in [2.45, 2.75) is 45.7 Å². The molecule has 2 rings (SSSR count). The van der Waals surface area contributed by atoms with Crippen molar-refractivity contribution >= 4 is 6.03 Å². The fourth-order valence-corrected chi connectivity index (χ4v) is 2.56. The van der Waals surface area contributed by atoms with Gasteiger partial charge in [0.15, 0.2) is 0 Å². The second-order valence-corrected chi connectivity index (χ2v) is 5.78. The lowest BCUT2D eigenvalue weighted by Crippen LogP contribution is -2.42. The molecule has 116 valence electrons.